The number of carbonyl (C=O) groups is 2. The Kier molecular flexibility index (Phi) is 5.13. The highest BCUT2D eigenvalue weighted by Crippen LogP contribution is 2.33. The second-order valence-corrected chi connectivity index (χ2v) is 5.87. The number of rotatable bonds is 4. The van der Waals surface area contributed by atoms with Gasteiger partial charge in [-0.15, -0.1) is 5.10 Å². The van der Waals surface area contributed by atoms with E-state index in [4.69, 9.17) is 9.84 Å². The summed E-state index contributed by atoms with van der Waals surface area (Å²) in [5.74, 6) is -2.09. The summed E-state index contributed by atoms with van der Waals surface area (Å²) in [6.45, 7) is -0.0804. The molecule has 8 nitrogen and oxygen atoms in total. The molecular formula is C16H15F3N4O4. The third-order valence-corrected chi connectivity index (χ3v) is 3.97. The van der Waals surface area contributed by atoms with E-state index in [1.165, 1.54) is 24.3 Å². The van der Waals surface area contributed by atoms with Gasteiger partial charge in [0.1, 0.15) is 0 Å². The molecule has 0 radical (unpaired) electrons. The molecule has 11 heteroatoms. The minimum atomic E-state index is -4.86. The van der Waals surface area contributed by atoms with E-state index in [0.29, 0.717) is 4.68 Å². The van der Waals surface area contributed by atoms with Gasteiger partial charge in [-0.25, -0.2) is 4.68 Å². The van der Waals surface area contributed by atoms with Gasteiger partial charge in [0.25, 0.3) is 5.91 Å². The van der Waals surface area contributed by atoms with Gasteiger partial charge in [-0.05, 0) is 12.1 Å². The summed E-state index contributed by atoms with van der Waals surface area (Å²) in [7, 11) is 0. The fourth-order valence-electron chi connectivity index (χ4n) is 2.80. The van der Waals surface area contributed by atoms with Crippen LogP contribution >= 0.6 is 0 Å². The van der Waals surface area contributed by atoms with Crippen molar-refractivity contribution in [2.75, 3.05) is 19.7 Å². The number of nitrogens with zero attached hydrogens (tertiary/aromatic N) is 4. The van der Waals surface area contributed by atoms with Crippen LogP contribution in [0.25, 0.3) is 5.69 Å². The quantitative estimate of drug-likeness (QED) is 0.860. The Balaban J connectivity index is 1.93. The van der Waals surface area contributed by atoms with E-state index in [1.807, 2.05) is 0 Å². The molecule has 1 amide bonds. The molecule has 1 aliphatic rings. The van der Waals surface area contributed by atoms with Crippen molar-refractivity contribution in [3.63, 3.8) is 0 Å². The van der Waals surface area contributed by atoms with Crippen molar-refractivity contribution in [3.05, 3.63) is 41.7 Å². The van der Waals surface area contributed by atoms with Gasteiger partial charge in [0.15, 0.2) is 11.4 Å². The van der Waals surface area contributed by atoms with Gasteiger partial charge >= 0.3 is 12.1 Å². The number of morpholine rings is 1. The monoisotopic (exact) mass is 384 g/mol. The summed E-state index contributed by atoms with van der Waals surface area (Å²) >= 11 is 0. The zero-order chi connectivity index (χ0) is 19.6. The Morgan fingerprint density at radius 1 is 1.26 bits per heavy atom. The molecule has 0 spiro atoms. The van der Waals surface area contributed by atoms with Gasteiger partial charge in [-0.3, -0.25) is 9.59 Å². The molecule has 1 fully saturated rings. The van der Waals surface area contributed by atoms with E-state index in [9.17, 15) is 22.8 Å². The highest BCUT2D eigenvalue weighted by Gasteiger charge is 2.43. The molecule has 1 aliphatic heterocycles. The largest absolute Gasteiger partial charge is 0.481 e. The van der Waals surface area contributed by atoms with E-state index in [2.05, 4.69) is 10.3 Å². The van der Waals surface area contributed by atoms with Crippen LogP contribution in [0.2, 0.25) is 0 Å². The Bertz CT molecular complexity index is 838. The van der Waals surface area contributed by atoms with Crippen molar-refractivity contribution in [3.8, 4) is 5.69 Å². The third kappa shape index (κ3) is 4.08. The number of para-hydroxylation sites is 1. The van der Waals surface area contributed by atoms with Crippen molar-refractivity contribution in [2.45, 2.75) is 18.7 Å². The maximum Gasteiger partial charge on any atom is 0.435 e. The molecule has 0 unspecified atom stereocenters. The van der Waals surface area contributed by atoms with Crippen molar-refractivity contribution >= 4 is 11.9 Å². The fourth-order valence-corrected chi connectivity index (χ4v) is 2.80. The molecule has 1 aromatic carbocycles. The number of carboxylic acids is 1. The second-order valence-electron chi connectivity index (χ2n) is 5.87. The standard InChI is InChI=1S/C16H15F3N4O4/c17-16(18,19)14-13(20-21-23(14)10-4-2-1-3-5-10)15(26)22-6-7-27-11(9-22)8-12(24)25/h1-5,11H,6-9H2,(H,24,25)/t11-/m1/s1. The molecule has 27 heavy (non-hydrogen) atoms. The molecule has 2 aromatic rings. The molecule has 1 aromatic heterocycles. The molecule has 144 valence electrons. The maximum atomic E-state index is 13.6. The molecular weight excluding hydrogens is 369 g/mol. The fraction of sp³-hybridized carbons (Fsp3) is 0.375. The van der Waals surface area contributed by atoms with Crippen LogP contribution in [-0.2, 0) is 15.7 Å². The highest BCUT2D eigenvalue weighted by atomic mass is 19.4. The second kappa shape index (κ2) is 7.35. The number of hydrogen-bond acceptors (Lipinski definition) is 5. The van der Waals surface area contributed by atoms with E-state index < -0.39 is 35.5 Å². The lowest BCUT2D eigenvalue weighted by molar-refractivity contribution is -0.143. The van der Waals surface area contributed by atoms with E-state index in [-0.39, 0.29) is 31.8 Å². The van der Waals surface area contributed by atoms with Gasteiger partial charge in [0.2, 0.25) is 0 Å². The summed E-state index contributed by atoms with van der Waals surface area (Å²) < 4.78 is 46.7. The van der Waals surface area contributed by atoms with E-state index in [0.717, 1.165) is 4.90 Å². The molecule has 1 atom stereocenters. The zero-order valence-corrected chi connectivity index (χ0v) is 13.9. The van der Waals surface area contributed by atoms with Crippen LogP contribution in [0.3, 0.4) is 0 Å². The van der Waals surface area contributed by atoms with Crippen molar-refractivity contribution < 1.29 is 32.6 Å². The average Bonchev–Trinajstić information content (AvgIpc) is 3.07. The topological polar surface area (TPSA) is 97.5 Å². The minimum Gasteiger partial charge on any atom is -0.481 e. The molecule has 0 bridgehead atoms. The Morgan fingerprint density at radius 2 is 1.96 bits per heavy atom. The first-order chi connectivity index (χ1) is 12.8. The highest BCUT2D eigenvalue weighted by molar-refractivity contribution is 5.93. The van der Waals surface area contributed by atoms with E-state index >= 15 is 0 Å². The van der Waals surface area contributed by atoms with Crippen LogP contribution < -0.4 is 0 Å². The van der Waals surface area contributed by atoms with Gasteiger partial charge in [0.05, 0.1) is 24.8 Å². The lowest BCUT2D eigenvalue weighted by Gasteiger charge is -2.32. The predicted molar refractivity (Wildman–Crippen MR) is 84.3 cm³/mol. The minimum absolute atomic E-state index is 0.0257. The molecule has 1 N–H and O–H groups in total. The summed E-state index contributed by atoms with van der Waals surface area (Å²) in [6.07, 6.45) is -6.01. The van der Waals surface area contributed by atoms with Crippen LogP contribution in [-0.4, -0.2) is 62.7 Å². The van der Waals surface area contributed by atoms with Gasteiger partial charge in [0, 0.05) is 13.1 Å². The number of aliphatic carboxylic acids is 1. The molecule has 0 saturated carbocycles. The molecule has 3 rings (SSSR count). The summed E-state index contributed by atoms with van der Waals surface area (Å²) in [5, 5.41) is 15.8. The van der Waals surface area contributed by atoms with Crippen LogP contribution in [0, 0.1) is 0 Å². The number of halogens is 3. The maximum absolute atomic E-state index is 13.6. The summed E-state index contributed by atoms with van der Waals surface area (Å²) in [4.78, 5) is 24.6. The number of alkyl halides is 3. The first kappa shape index (κ1) is 18.8. The van der Waals surface area contributed by atoms with E-state index in [1.54, 1.807) is 6.07 Å². The van der Waals surface area contributed by atoms with Gasteiger partial charge in [-0.1, -0.05) is 23.4 Å². The number of amides is 1. The van der Waals surface area contributed by atoms with Crippen molar-refractivity contribution in [1.29, 1.82) is 0 Å². The Labute approximate surface area is 151 Å². The predicted octanol–water partition coefficient (Wildman–Crippen LogP) is 1.60. The Morgan fingerprint density at radius 3 is 2.59 bits per heavy atom. The van der Waals surface area contributed by atoms with Crippen LogP contribution in [0.4, 0.5) is 13.2 Å². The van der Waals surface area contributed by atoms with Gasteiger partial charge < -0.3 is 14.7 Å². The molecule has 1 saturated heterocycles. The number of hydrogen-bond donors (Lipinski definition) is 1. The number of ether oxygens (including phenoxy) is 1. The number of aromatic nitrogens is 3. The third-order valence-electron chi connectivity index (χ3n) is 3.97. The average molecular weight is 384 g/mol. The number of benzene rings is 1. The number of carbonyl (C=O) groups excluding carboxylic acids is 1. The first-order valence-electron chi connectivity index (χ1n) is 7.98. The Hall–Kier alpha value is -2.95. The first-order valence-corrected chi connectivity index (χ1v) is 7.98. The SMILES string of the molecule is O=C(O)C[C@@H]1CN(C(=O)c2nnn(-c3ccccc3)c2C(F)(F)F)CCO1. The van der Waals surface area contributed by atoms with Crippen LogP contribution in [0.1, 0.15) is 22.6 Å². The summed E-state index contributed by atoms with van der Waals surface area (Å²) in [6, 6.07) is 7.54. The molecule has 2 heterocycles. The normalized spacial score (nSPS) is 17.7. The molecule has 0 aliphatic carbocycles. The number of carboxylic acid groups (broad SMARTS) is 1. The van der Waals surface area contributed by atoms with Crippen molar-refractivity contribution in [2.24, 2.45) is 0 Å². The smallest absolute Gasteiger partial charge is 0.435 e. The van der Waals surface area contributed by atoms with Crippen LogP contribution in [0.15, 0.2) is 30.3 Å². The summed E-state index contributed by atoms with van der Waals surface area (Å²) in [5.41, 5.74) is -2.00. The van der Waals surface area contributed by atoms with Crippen molar-refractivity contribution in [1.82, 2.24) is 19.9 Å². The van der Waals surface area contributed by atoms with Gasteiger partial charge in [-0.2, -0.15) is 13.2 Å². The lowest BCUT2D eigenvalue weighted by Crippen LogP contribution is -2.46. The lowest BCUT2D eigenvalue weighted by atomic mass is 10.2. The zero-order valence-electron chi connectivity index (χ0n) is 13.9. The van der Waals surface area contributed by atoms with Crippen LogP contribution in [0.5, 0.6) is 0 Å².